The van der Waals surface area contributed by atoms with Crippen molar-refractivity contribution in [3.05, 3.63) is 40.9 Å². The van der Waals surface area contributed by atoms with Crippen LogP contribution in [0.2, 0.25) is 0 Å². The van der Waals surface area contributed by atoms with Crippen molar-refractivity contribution in [2.45, 2.75) is 0 Å². The Bertz CT molecular complexity index is 690. The van der Waals surface area contributed by atoms with Gasteiger partial charge in [-0.3, -0.25) is 4.79 Å². The molecule has 3 rings (SSSR count). The Kier molecular flexibility index (Phi) is 3.86. The highest BCUT2D eigenvalue weighted by molar-refractivity contribution is 5.62. The van der Waals surface area contributed by atoms with E-state index < -0.39 is 0 Å². The Morgan fingerprint density at radius 1 is 1.14 bits per heavy atom. The van der Waals surface area contributed by atoms with E-state index >= 15 is 0 Å². The van der Waals surface area contributed by atoms with Gasteiger partial charge in [0.25, 0.3) is 5.56 Å². The fraction of sp³-hybridized carbons (Fsp3) is 0.333. The summed E-state index contributed by atoms with van der Waals surface area (Å²) in [7, 11) is 1.66. The van der Waals surface area contributed by atoms with Gasteiger partial charge in [-0.05, 0) is 24.3 Å². The SMILES string of the molecule is COc1ccc(N2CCN(c3nc[nH]c(=O)c3N)CC2)cc1. The molecule has 2 heterocycles. The quantitative estimate of drug-likeness (QED) is 0.867. The molecule has 22 heavy (non-hydrogen) atoms. The number of nitrogens with one attached hydrogen (secondary N) is 1. The predicted octanol–water partition coefficient (Wildman–Crippen LogP) is 0.687. The van der Waals surface area contributed by atoms with Crippen molar-refractivity contribution in [1.29, 1.82) is 0 Å². The average molecular weight is 301 g/mol. The Balaban J connectivity index is 1.69. The van der Waals surface area contributed by atoms with E-state index in [1.807, 2.05) is 29.2 Å². The maximum atomic E-state index is 11.6. The van der Waals surface area contributed by atoms with Crippen LogP contribution in [0.3, 0.4) is 0 Å². The summed E-state index contributed by atoms with van der Waals surface area (Å²) in [6.45, 7) is 3.24. The number of nitrogen functional groups attached to an aromatic ring is 1. The molecule has 0 spiro atoms. The standard InChI is InChI=1S/C15H19N5O2/c1-22-12-4-2-11(3-5-12)19-6-8-20(9-7-19)14-13(16)15(21)18-10-17-14/h2-5,10H,6-9,16H2,1H3,(H,17,18,21). The Morgan fingerprint density at radius 3 is 2.41 bits per heavy atom. The van der Waals surface area contributed by atoms with Crippen molar-refractivity contribution >= 4 is 17.2 Å². The summed E-state index contributed by atoms with van der Waals surface area (Å²) in [5.74, 6) is 1.42. The first-order valence-electron chi connectivity index (χ1n) is 7.16. The van der Waals surface area contributed by atoms with Crippen LogP contribution in [0.15, 0.2) is 35.4 Å². The third-order valence-electron chi connectivity index (χ3n) is 3.88. The summed E-state index contributed by atoms with van der Waals surface area (Å²) in [5.41, 5.74) is 6.87. The van der Waals surface area contributed by atoms with Crippen LogP contribution in [-0.2, 0) is 0 Å². The molecule has 0 amide bonds. The van der Waals surface area contributed by atoms with Crippen LogP contribution in [-0.4, -0.2) is 43.3 Å². The van der Waals surface area contributed by atoms with Crippen LogP contribution in [0.25, 0.3) is 0 Å². The number of rotatable bonds is 3. The number of benzene rings is 1. The summed E-state index contributed by atoms with van der Waals surface area (Å²) >= 11 is 0. The molecule has 1 aliphatic rings. The van der Waals surface area contributed by atoms with E-state index in [0.717, 1.165) is 37.6 Å². The lowest BCUT2D eigenvalue weighted by atomic mass is 10.2. The number of aromatic amines is 1. The molecule has 0 aliphatic carbocycles. The minimum absolute atomic E-state index is 0.181. The molecule has 0 atom stereocenters. The number of ether oxygens (including phenoxy) is 1. The van der Waals surface area contributed by atoms with Crippen molar-refractivity contribution in [3.63, 3.8) is 0 Å². The first-order chi connectivity index (χ1) is 10.7. The number of nitrogens with zero attached hydrogens (tertiary/aromatic N) is 3. The molecule has 7 nitrogen and oxygen atoms in total. The van der Waals surface area contributed by atoms with Crippen LogP contribution in [0.1, 0.15) is 0 Å². The Morgan fingerprint density at radius 2 is 1.77 bits per heavy atom. The van der Waals surface area contributed by atoms with E-state index in [4.69, 9.17) is 10.5 Å². The molecule has 0 bridgehead atoms. The van der Waals surface area contributed by atoms with Crippen LogP contribution in [0.5, 0.6) is 5.75 Å². The zero-order chi connectivity index (χ0) is 15.5. The molecule has 0 saturated carbocycles. The van der Waals surface area contributed by atoms with Gasteiger partial charge in [-0.15, -0.1) is 0 Å². The number of hydrogen-bond donors (Lipinski definition) is 2. The molecule has 0 unspecified atom stereocenters. The van der Waals surface area contributed by atoms with Crippen LogP contribution >= 0.6 is 0 Å². The number of methoxy groups -OCH3 is 1. The van der Waals surface area contributed by atoms with E-state index in [9.17, 15) is 4.79 Å². The van der Waals surface area contributed by atoms with Crippen molar-refractivity contribution < 1.29 is 4.74 Å². The van der Waals surface area contributed by atoms with Crippen molar-refractivity contribution in [3.8, 4) is 5.75 Å². The topological polar surface area (TPSA) is 87.5 Å². The fourth-order valence-corrected chi connectivity index (χ4v) is 2.62. The smallest absolute Gasteiger partial charge is 0.276 e. The van der Waals surface area contributed by atoms with Gasteiger partial charge >= 0.3 is 0 Å². The molecule has 1 aromatic heterocycles. The first-order valence-corrected chi connectivity index (χ1v) is 7.16. The molecule has 7 heteroatoms. The second-order valence-corrected chi connectivity index (χ2v) is 5.14. The van der Waals surface area contributed by atoms with Gasteiger partial charge in [0, 0.05) is 31.9 Å². The summed E-state index contributed by atoms with van der Waals surface area (Å²) in [5, 5.41) is 0. The van der Waals surface area contributed by atoms with Crippen LogP contribution < -0.4 is 25.8 Å². The van der Waals surface area contributed by atoms with Gasteiger partial charge < -0.3 is 25.3 Å². The highest BCUT2D eigenvalue weighted by Gasteiger charge is 2.20. The number of H-pyrrole nitrogens is 1. The van der Waals surface area contributed by atoms with E-state index in [-0.39, 0.29) is 11.2 Å². The van der Waals surface area contributed by atoms with Gasteiger partial charge in [0.1, 0.15) is 11.4 Å². The number of piperazine rings is 1. The van der Waals surface area contributed by atoms with E-state index in [1.54, 1.807) is 7.11 Å². The van der Waals surface area contributed by atoms with Crippen LogP contribution in [0.4, 0.5) is 17.2 Å². The maximum absolute atomic E-state index is 11.6. The van der Waals surface area contributed by atoms with Gasteiger partial charge in [-0.25, -0.2) is 4.98 Å². The monoisotopic (exact) mass is 301 g/mol. The van der Waals surface area contributed by atoms with Crippen molar-refractivity contribution in [2.24, 2.45) is 0 Å². The van der Waals surface area contributed by atoms with Gasteiger partial charge in [0.2, 0.25) is 0 Å². The summed E-state index contributed by atoms with van der Waals surface area (Å²) in [4.78, 5) is 22.6. The average Bonchev–Trinajstić information content (AvgIpc) is 2.58. The van der Waals surface area contributed by atoms with Gasteiger partial charge in [-0.1, -0.05) is 0 Å². The first kappa shape index (κ1) is 14.2. The maximum Gasteiger partial charge on any atom is 0.276 e. The number of hydrogen-bond acceptors (Lipinski definition) is 6. The van der Waals surface area contributed by atoms with Crippen molar-refractivity contribution in [2.75, 3.05) is 48.8 Å². The number of nitrogens with two attached hydrogens (primary N) is 1. The molecule has 3 N–H and O–H groups in total. The van der Waals surface area contributed by atoms with Crippen molar-refractivity contribution in [1.82, 2.24) is 9.97 Å². The third kappa shape index (κ3) is 2.69. The molecule has 1 aromatic carbocycles. The molecular formula is C15H19N5O2. The second kappa shape index (κ2) is 5.97. The fourth-order valence-electron chi connectivity index (χ4n) is 2.62. The minimum atomic E-state index is -0.289. The largest absolute Gasteiger partial charge is 0.497 e. The Hall–Kier alpha value is -2.70. The lowest BCUT2D eigenvalue weighted by Crippen LogP contribution is -2.47. The molecule has 0 radical (unpaired) electrons. The molecule has 1 aliphatic heterocycles. The predicted molar refractivity (Wildman–Crippen MR) is 86.7 cm³/mol. The lowest BCUT2D eigenvalue weighted by molar-refractivity contribution is 0.415. The summed E-state index contributed by atoms with van der Waals surface area (Å²) in [6.07, 6.45) is 1.39. The molecule has 2 aromatic rings. The number of anilines is 3. The summed E-state index contributed by atoms with van der Waals surface area (Å²) in [6, 6.07) is 8.01. The second-order valence-electron chi connectivity index (χ2n) is 5.14. The zero-order valence-electron chi connectivity index (χ0n) is 12.5. The minimum Gasteiger partial charge on any atom is -0.497 e. The highest BCUT2D eigenvalue weighted by atomic mass is 16.5. The molecule has 1 saturated heterocycles. The highest BCUT2D eigenvalue weighted by Crippen LogP contribution is 2.23. The number of aromatic nitrogens is 2. The molecule has 1 fully saturated rings. The van der Waals surface area contributed by atoms with E-state index in [1.165, 1.54) is 6.33 Å². The van der Waals surface area contributed by atoms with E-state index in [0.29, 0.717) is 5.82 Å². The van der Waals surface area contributed by atoms with Crippen LogP contribution in [0, 0.1) is 0 Å². The molecular weight excluding hydrogens is 282 g/mol. The van der Waals surface area contributed by atoms with Gasteiger partial charge in [-0.2, -0.15) is 0 Å². The van der Waals surface area contributed by atoms with Gasteiger partial charge in [0.05, 0.1) is 13.4 Å². The normalized spacial score (nSPS) is 15.0. The Labute approximate surface area is 128 Å². The third-order valence-corrected chi connectivity index (χ3v) is 3.88. The van der Waals surface area contributed by atoms with E-state index in [2.05, 4.69) is 14.9 Å². The summed E-state index contributed by atoms with van der Waals surface area (Å²) < 4.78 is 5.17. The van der Waals surface area contributed by atoms with Gasteiger partial charge in [0.15, 0.2) is 5.82 Å². The zero-order valence-corrected chi connectivity index (χ0v) is 12.5. The lowest BCUT2D eigenvalue weighted by Gasteiger charge is -2.36. The molecule has 116 valence electrons.